The summed E-state index contributed by atoms with van der Waals surface area (Å²) in [7, 11) is 2.59. The zero-order valence-corrected chi connectivity index (χ0v) is 16.1. The largest absolute Gasteiger partial charge is 0.435 e. The van der Waals surface area contributed by atoms with Crippen LogP contribution in [-0.2, 0) is 18.0 Å². The van der Waals surface area contributed by atoms with Crippen LogP contribution in [0, 0.1) is 5.82 Å². The first-order chi connectivity index (χ1) is 14.1. The third-order valence-corrected chi connectivity index (χ3v) is 4.32. The highest BCUT2D eigenvalue weighted by atomic mass is 19.4. The summed E-state index contributed by atoms with van der Waals surface area (Å²) in [6, 6.07) is 5.15. The van der Waals surface area contributed by atoms with Crippen molar-refractivity contribution in [1.82, 2.24) is 25.2 Å². The first kappa shape index (κ1) is 21.4. The average molecular weight is 427 g/mol. The van der Waals surface area contributed by atoms with Crippen LogP contribution in [0.25, 0.3) is 11.4 Å². The molecule has 2 heterocycles. The van der Waals surface area contributed by atoms with Crippen molar-refractivity contribution in [1.29, 1.82) is 0 Å². The van der Waals surface area contributed by atoms with Crippen LogP contribution in [0.4, 0.5) is 17.6 Å². The molecule has 0 aliphatic rings. The Hall–Kier alpha value is -3.28. The molecule has 8 nitrogen and oxygen atoms in total. The van der Waals surface area contributed by atoms with Gasteiger partial charge in [-0.1, -0.05) is 17.3 Å². The molecular formula is C18H17F4N5O3. The van der Waals surface area contributed by atoms with Crippen LogP contribution >= 0.6 is 0 Å². The van der Waals surface area contributed by atoms with E-state index in [1.807, 2.05) is 0 Å². The smallest absolute Gasteiger partial charge is 0.379 e. The summed E-state index contributed by atoms with van der Waals surface area (Å²) in [5.74, 6) is -1.33. The molecule has 0 radical (unpaired) electrons. The molecule has 1 aromatic carbocycles. The Bertz CT molecular complexity index is 1050. The van der Waals surface area contributed by atoms with Crippen LogP contribution < -0.4 is 5.32 Å². The number of rotatable bonds is 6. The van der Waals surface area contributed by atoms with Gasteiger partial charge in [0.15, 0.2) is 5.69 Å². The zero-order chi connectivity index (χ0) is 22.1. The van der Waals surface area contributed by atoms with E-state index in [-0.39, 0.29) is 17.4 Å². The molecule has 0 aliphatic heterocycles. The van der Waals surface area contributed by atoms with E-state index in [0.717, 1.165) is 4.68 Å². The Balaban J connectivity index is 1.87. The van der Waals surface area contributed by atoms with Crippen molar-refractivity contribution >= 4 is 5.91 Å². The summed E-state index contributed by atoms with van der Waals surface area (Å²) >= 11 is 0. The minimum Gasteiger partial charge on any atom is -0.379 e. The van der Waals surface area contributed by atoms with E-state index in [2.05, 4.69) is 20.6 Å². The predicted molar refractivity (Wildman–Crippen MR) is 94.6 cm³/mol. The van der Waals surface area contributed by atoms with Gasteiger partial charge in [0, 0.05) is 25.8 Å². The minimum atomic E-state index is -4.69. The molecule has 0 fully saturated rings. The van der Waals surface area contributed by atoms with E-state index >= 15 is 0 Å². The number of benzene rings is 1. The number of ether oxygens (including phenoxy) is 1. The maximum absolute atomic E-state index is 13.4. The minimum absolute atomic E-state index is 0.0600. The number of amides is 1. The normalized spacial score (nSPS) is 13.8. The molecule has 3 aromatic rings. The summed E-state index contributed by atoms with van der Waals surface area (Å²) in [5, 5.41) is 9.61. The van der Waals surface area contributed by atoms with Crippen LogP contribution in [-0.4, -0.2) is 39.0 Å². The zero-order valence-electron chi connectivity index (χ0n) is 16.1. The molecular weight excluding hydrogens is 410 g/mol. The van der Waals surface area contributed by atoms with Crippen molar-refractivity contribution in [2.75, 3.05) is 7.11 Å². The van der Waals surface area contributed by atoms with Gasteiger partial charge in [-0.2, -0.15) is 23.3 Å². The van der Waals surface area contributed by atoms with Crippen molar-refractivity contribution in [2.45, 2.75) is 25.2 Å². The fraction of sp³-hybridized carbons (Fsp3) is 0.333. The fourth-order valence-corrected chi connectivity index (χ4v) is 2.66. The molecule has 3 rings (SSSR count). The van der Waals surface area contributed by atoms with E-state index in [1.165, 1.54) is 32.4 Å². The molecule has 0 unspecified atom stereocenters. The molecule has 1 amide bonds. The van der Waals surface area contributed by atoms with Crippen LogP contribution in [0.1, 0.15) is 35.0 Å². The highest BCUT2D eigenvalue weighted by molar-refractivity contribution is 5.93. The molecule has 1 N–H and O–H groups in total. The van der Waals surface area contributed by atoms with Gasteiger partial charge in [-0.3, -0.25) is 9.48 Å². The summed E-state index contributed by atoms with van der Waals surface area (Å²) in [5.41, 5.74) is -1.17. The van der Waals surface area contributed by atoms with Gasteiger partial charge in [0.05, 0.1) is 6.10 Å². The Kier molecular flexibility index (Phi) is 5.87. The number of nitrogens with one attached hydrogen (secondary N) is 1. The van der Waals surface area contributed by atoms with Crippen molar-refractivity contribution in [3.05, 3.63) is 53.4 Å². The van der Waals surface area contributed by atoms with E-state index in [0.29, 0.717) is 11.6 Å². The van der Waals surface area contributed by atoms with Crippen LogP contribution in [0.3, 0.4) is 0 Å². The molecule has 0 aliphatic carbocycles. The molecule has 160 valence electrons. The number of aryl methyl sites for hydroxylation is 1. The number of aromatic nitrogens is 4. The lowest BCUT2D eigenvalue weighted by molar-refractivity contribution is -0.141. The predicted octanol–water partition coefficient (Wildman–Crippen LogP) is 3.13. The lowest BCUT2D eigenvalue weighted by Gasteiger charge is -2.20. The number of carbonyl (C=O) groups is 1. The molecule has 2 atom stereocenters. The highest BCUT2D eigenvalue weighted by Crippen LogP contribution is 2.29. The number of methoxy groups -OCH3 is 1. The maximum Gasteiger partial charge on any atom is 0.435 e. The second-order valence-corrected chi connectivity index (χ2v) is 6.39. The molecule has 30 heavy (non-hydrogen) atoms. The number of hydrogen-bond acceptors (Lipinski definition) is 6. The molecule has 2 aromatic heterocycles. The summed E-state index contributed by atoms with van der Waals surface area (Å²) in [6.07, 6.45) is -5.37. The van der Waals surface area contributed by atoms with Gasteiger partial charge in [-0.15, -0.1) is 0 Å². The number of nitrogens with zero attached hydrogens (tertiary/aromatic N) is 4. The Labute approximate surface area is 167 Å². The summed E-state index contributed by atoms with van der Waals surface area (Å²) in [4.78, 5) is 16.8. The molecule has 0 spiro atoms. The third kappa shape index (κ3) is 4.48. The highest BCUT2D eigenvalue weighted by Gasteiger charge is 2.36. The van der Waals surface area contributed by atoms with Gasteiger partial charge in [0.25, 0.3) is 11.8 Å². The first-order valence-corrected chi connectivity index (χ1v) is 8.64. The van der Waals surface area contributed by atoms with Gasteiger partial charge in [-0.05, 0) is 19.1 Å². The molecule has 0 saturated carbocycles. The second kappa shape index (κ2) is 8.22. The van der Waals surface area contributed by atoms with Crippen molar-refractivity contribution in [3.63, 3.8) is 0 Å². The summed E-state index contributed by atoms with van der Waals surface area (Å²) < 4.78 is 63.2. The molecule has 12 heteroatoms. The Morgan fingerprint density at radius 1 is 1.30 bits per heavy atom. The third-order valence-electron chi connectivity index (χ3n) is 4.32. The number of hydrogen-bond donors (Lipinski definition) is 1. The van der Waals surface area contributed by atoms with Gasteiger partial charge in [0.2, 0.25) is 5.82 Å². The van der Waals surface area contributed by atoms with Crippen LogP contribution in [0.5, 0.6) is 0 Å². The van der Waals surface area contributed by atoms with Crippen molar-refractivity contribution < 1.29 is 31.6 Å². The van der Waals surface area contributed by atoms with Gasteiger partial charge in [-0.25, -0.2) is 4.39 Å². The standard InChI is InChI=1S/C18H17F4N5O3/c1-9(29-3)14(17-24-15(26-30-17)10-5-4-6-11(19)7-10)23-16(28)12-8-13(18(20,21)22)25-27(12)2/h4-9,14H,1-3H3,(H,23,28)/t9-,14+/m1/s1. The van der Waals surface area contributed by atoms with E-state index in [9.17, 15) is 22.4 Å². The first-order valence-electron chi connectivity index (χ1n) is 8.64. The van der Waals surface area contributed by atoms with Crippen LogP contribution in [0.2, 0.25) is 0 Å². The quantitative estimate of drug-likeness (QED) is 0.608. The Morgan fingerprint density at radius 2 is 2.03 bits per heavy atom. The van der Waals surface area contributed by atoms with Crippen LogP contribution in [0.15, 0.2) is 34.9 Å². The topological polar surface area (TPSA) is 95.1 Å². The molecule has 0 bridgehead atoms. The number of carbonyl (C=O) groups excluding carboxylic acids is 1. The van der Waals surface area contributed by atoms with E-state index in [1.54, 1.807) is 13.0 Å². The maximum atomic E-state index is 13.4. The fourth-order valence-electron chi connectivity index (χ4n) is 2.66. The van der Waals surface area contributed by atoms with Gasteiger partial charge < -0.3 is 14.6 Å². The van der Waals surface area contributed by atoms with Crippen molar-refractivity contribution in [2.24, 2.45) is 7.05 Å². The van der Waals surface area contributed by atoms with E-state index < -0.39 is 35.7 Å². The monoisotopic (exact) mass is 427 g/mol. The van der Waals surface area contributed by atoms with Crippen molar-refractivity contribution in [3.8, 4) is 11.4 Å². The van der Waals surface area contributed by atoms with Gasteiger partial charge >= 0.3 is 6.18 Å². The molecule has 0 saturated heterocycles. The Morgan fingerprint density at radius 3 is 2.63 bits per heavy atom. The lowest BCUT2D eigenvalue weighted by atomic mass is 10.1. The SMILES string of the molecule is CO[C@H](C)[C@H](NC(=O)c1cc(C(F)(F)F)nn1C)c1nc(-c2cccc(F)c2)no1. The van der Waals surface area contributed by atoms with E-state index in [4.69, 9.17) is 9.26 Å². The lowest BCUT2D eigenvalue weighted by Crippen LogP contribution is -2.37. The average Bonchev–Trinajstić information content (AvgIpc) is 3.32. The van der Waals surface area contributed by atoms with Gasteiger partial charge in [0.1, 0.15) is 17.6 Å². The number of alkyl halides is 3. The second-order valence-electron chi connectivity index (χ2n) is 6.39. The number of halogens is 4. The summed E-state index contributed by atoms with van der Waals surface area (Å²) in [6.45, 7) is 1.60.